The number of imidazole rings is 1. The molecule has 14 nitrogen and oxygen atoms in total. The van der Waals surface area contributed by atoms with Crippen molar-refractivity contribution >= 4 is 23.2 Å². The second-order valence-corrected chi connectivity index (χ2v) is 8.59. The van der Waals surface area contributed by atoms with E-state index in [1.807, 2.05) is 0 Å². The Morgan fingerprint density at radius 2 is 2.06 bits per heavy atom. The van der Waals surface area contributed by atoms with Crippen molar-refractivity contribution in [1.82, 2.24) is 24.0 Å². The minimum absolute atomic E-state index is 0.0238. The number of hydrogen-bond donors (Lipinski definition) is 3. The first kappa shape index (κ1) is 23.9. The molecule has 0 saturated carbocycles. The highest BCUT2D eigenvalue weighted by Gasteiger charge is 2.57. The fraction of sp³-hybridized carbons (Fsp3) is 0.600. The van der Waals surface area contributed by atoms with E-state index in [9.17, 15) is 14.4 Å². The highest BCUT2D eigenvalue weighted by molar-refractivity contribution is 5.72. The van der Waals surface area contributed by atoms with Crippen LogP contribution < -0.4 is 22.7 Å². The maximum atomic E-state index is 13.4. The number of fused-ring (bicyclic) bond motifs is 2. The van der Waals surface area contributed by atoms with Crippen LogP contribution in [0.3, 0.4) is 0 Å². The molecule has 34 heavy (non-hydrogen) atoms. The predicted molar refractivity (Wildman–Crippen MR) is 120 cm³/mol. The summed E-state index contributed by atoms with van der Waals surface area (Å²) in [5.41, 5.74) is 10.2. The number of H-pyrrole nitrogens is 1. The van der Waals surface area contributed by atoms with Gasteiger partial charge in [0.15, 0.2) is 23.2 Å². The molecule has 0 bridgehead atoms. The molecule has 2 fully saturated rings. The minimum atomic E-state index is -1.02. The summed E-state index contributed by atoms with van der Waals surface area (Å²) in [6, 6.07) is 0. The lowest BCUT2D eigenvalue weighted by atomic mass is 10.1. The summed E-state index contributed by atoms with van der Waals surface area (Å²) >= 11 is 0. The Bertz CT molecular complexity index is 1220. The SMILES string of the molecule is C=CCn1c(=O)n([C@H]2O[C@@H](COC(=O)N(C)CCN)[C@@H]3OC(C)(C)O[C@@H]32)c2nc(N)[nH]c(=O)c21. The maximum Gasteiger partial charge on any atom is 0.409 e. The van der Waals surface area contributed by atoms with Crippen LogP contribution in [0.1, 0.15) is 20.1 Å². The number of nitrogens with one attached hydrogen (secondary N) is 1. The largest absolute Gasteiger partial charge is 0.447 e. The van der Waals surface area contributed by atoms with Gasteiger partial charge in [-0.05, 0) is 13.8 Å². The molecule has 5 N–H and O–H groups in total. The summed E-state index contributed by atoms with van der Waals surface area (Å²) in [5, 5.41) is 0. The van der Waals surface area contributed by atoms with Crippen LogP contribution in [0.4, 0.5) is 10.7 Å². The van der Waals surface area contributed by atoms with Gasteiger partial charge in [-0.15, -0.1) is 6.58 Å². The Morgan fingerprint density at radius 3 is 2.74 bits per heavy atom. The number of carbonyl (C=O) groups excluding carboxylic acids is 1. The van der Waals surface area contributed by atoms with Gasteiger partial charge < -0.3 is 35.3 Å². The van der Waals surface area contributed by atoms with Crippen LogP contribution in [-0.2, 0) is 25.5 Å². The fourth-order valence-electron chi connectivity index (χ4n) is 4.28. The van der Waals surface area contributed by atoms with Crippen molar-refractivity contribution in [2.24, 2.45) is 5.73 Å². The highest BCUT2D eigenvalue weighted by atomic mass is 16.8. The van der Waals surface area contributed by atoms with Gasteiger partial charge in [0.2, 0.25) is 5.95 Å². The zero-order valence-corrected chi connectivity index (χ0v) is 19.2. The van der Waals surface area contributed by atoms with Gasteiger partial charge in [-0.3, -0.25) is 14.3 Å². The summed E-state index contributed by atoms with van der Waals surface area (Å²) in [6.07, 6.45) is -2.27. The number of carbonyl (C=O) groups is 1. The van der Waals surface area contributed by atoms with E-state index in [4.69, 9.17) is 30.4 Å². The van der Waals surface area contributed by atoms with Crippen molar-refractivity contribution in [1.29, 1.82) is 0 Å². The predicted octanol–water partition coefficient (Wildman–Crippen LogP) is -0.901. The average molecular weight is 479 g/mol. The molecule has 2 aromatic rings. The number of allylic oxidation sites excluding steroid dienone is 1. The molecule has 2 aromatic heterocycles. The minimum Gasteiger partial charge on any atom is -0.447 e. The number of nitrogens with two attached hydrogens (primary N) is 2. The summed E-state index contributed by atoms with van der Waals surface area (Å²) in [4.78, 5) is 46.2. The average Bonchev–Trinajstić information content (AvgIpc) is 3.33. The summed E-state index contributed by atoms with van der Waals surface area (Å²) in [6.45, 7) is 7.63. The molecule has 0 aromatic carbocycles. The number of rotatable bonds is 7. The Kier molecular flexibility index (Phi) is 6.24. The second kappa shape index (κ2) is 8.87. The van der Waals surface area contributed by atoms with Gasteiger partial charge in [0.25, 0.3) is 5.56 Å². The summed E-state index contributed by atoms with van der Waals surface area (Å²) in [7, 11) is 1.57. The molecule has 186 valence electrons. The quantitative estimate of drug-likeness (QED) is 0.421. The Hall–Kier alpha value is -3.20. The number of hydrogen-bond acceptors (Lipinski definition) is 10. The van der Waals surface area contributed by atoms with Gasteiger partial charge in [0, 0.05) is 26.7 Å². The first-order valence-corrected chi connectivity index (χ1v) is 10.8. The van der Waals surface area contributed by atoms with Gasteiger partial charge >= 0.3 is 11.8 Å². The van der Waals surface area contributed by atoms with E-state index < -0.39 is 47.7 Å². The van der Waals surface area contributed by atoms with Gasteiger partial charge in [0.1, 0.15) is 24.9 Å². The van der Waals surface area contributed by atoms with E-state index in [1.165, 1.54) is 20.1 Å². The van der Waals surface area contributed by atoms with Crippen LogP contribution >= 0.6 is 0 Å². The summed E-state index contributed by atoms with van der Waals surface area (Å²) < 4.78 is 26.0. The van der Waals surface area contributed by atoms with E-state index in [0.29, 0.717) is 6.54 Å². The highest BCUT2D eigenvalue weighted by Crippen LogP contribution is 2.43. The van der Waals surface area contributed by atoms with Gasteiger partial charge in [-0.2, -0.15) is 4.98 Å². The zero-order chi connectivity index (χ0) is 24.8. The van der Waals surface area contributed by atoms with E-state index in [0.717, 1.165) is 0 Å². The maximum absolute atomic E-state index is 13.4. The molecule has 2 aliphatic rings. The number of anilines is 1. The van der Waals surface area contributed by atoms with Crippen LogP contribution in [0, 0.1) is 0 Å². The van der Waals surface area contributed by atoms with Crippen LogP contribution in [0.2, 0.25) is 0 Å². The number of ether oxygens (including phenoxy) is 4. The number of aromatic nitrogens is 4. The molecule has 0 unspecified atom stereocenters. The van der Waals surface area contributed by atoms with Crippen LogP contribution in [-0.4, -0.2) is 80.9 Å². The van der Waals surface area contributed by atoms with Gasteiger partial charge in [-0.25, -0.2) is 14.2 Å². The van der Waals surface area contributed by atoms with Crippen molar-refractivity contribution in [3.8, 4) is 0 Å². The monoisotopic (exact) mass is 479 g/mol. The van der Waals surface area contributed by atoms with E-state index in [2.05, 4.69) is 16.5 Å². The molecule has 0 aliphatic carbocycles. The van der Waals surface area contributed by atoms with Crippen molar-refractivity contribution in [2.45, 2.75) is 50.7 Å². The third kappa shape index (κ3) is 4.09. The third-order valence-corrected chi connectivity index (χ3v) is 5.67. The molecule has 1 amide bonds. The Morgan fingerprint density at radius 1 is 1.35 bits per heavy atom. The Labute approximate surface area is 194 Å². The van der Waals surface area contributed by atoms with Crippen molar-refractivity contribution in [2.75, 3.05) is 32.5 Å². The lowest BCUT2D eigenvalue weighted by Gasteiger charge is -2.25. The number of likely N-dealkylation sites (N-methyl/N-ethyl adjacent to an activating group) is 1. The van der Waals surface area contributed by atoms with Gasteiger partial charge in [-0.1, -0.05) is 6.08 Å². The Balaban J connectivity index is 1.73. The lowest BCUT2D eigenvalue weighted by Crippen LogP contribution is -2.37. The van der Waals surface area contributed by atoms with Crippen LogP contribution in [0.25, 0.3) is 11.2 Å². The molecule has 2 saturated heterocycles. The zero-order valence-electron chi connectivity index (χ0n) is 19.2. The number of amides is 1. The third-order valence-electron chi connectivity index (χ3n) is 5.67. The molecular weight excluding hydrogens is 450 g/mol. The van der Waals surface area contributed by atoms with Crippen LogP contribution in [0.5, 0.6) is 0 Å². The second-order valence-electron chi connectivity index (χ2n) is 8.59. The fourth-order valence-corrected chi connectivity index (χ4v) is 4.28. The lowest BCUT2D eigenvalue weighted by molar-refractivity contribution is -0.200. The van der Waals surface area contributed by atoms with E-state index in [-0.39, 0.29) is 36.8 Å². The van der Waals surface area contributed by atoms with Crippen molar-refractivity contribution in [3.63, 3.8) is 0 Å². The number of nitrogens with zero attached hydrogens (tertiary/aromatic N) is 4. The summed E-state index contributed by atoms with van der Waals surface area (Å²) in [5.74, 6) is -1.14. The number of aromatic amines is 1. The van der Waals surface area contributed by atoms with E-state index in [1.54, 1.807) is 20.9 Å². The molecule has 14 heteroatoms. The topological polar surface area (TPSA) is 182 Å². The smallest absolute Gasteiger partial charge is 0.409 e. The van der Waals surface area contributed by atoms with Crippen LogP contribution in [0.15, 0.2) is 22.2 Å². The van der Waals surface area contributed by atoms with Crippen molar-refractivity contribution in [3.05, 3.63) is 33.5 Å². The van der Waals surface area contributed by atoms with E-state index >= 15 is 0 Å². The number of nitrogen functional groups attached to an aromatic ring is 1. The molecule has 0 radical (unpaired) electrons. The van der Waals surface area contributed by atoms with Crippen molar-refractivity contribution < 1.29 is 23.7 Å². The molecule has 4 atom stereocenters. The van der Waals surface area contributed by atoms with Gasteiger partial charge in [0.05, 0.1) is 0 Å². The standard InChI is InChI=1S/C20H29N7O7/c1-5-7-26-11-14(23-17(22)24-15(11)28)27(18(26)29)16-13-12(33-20(2,3)34-13)10(32-16)9-31-19(30)25(4)8-6-21/h5,10,12-13,16H,1,6-9,21H2,2-4H3,(H3,22,23,24,28)/t10-,12-,13-,16-/m0/s1. The first-order chi connectivity index (χ1) is 16.1. The molecule has 0 spiro atoms. The molecular formula is C20H29N7O7. The normalized spacial score (nSPS) is 25.4. The molecule has 4 rings (SSSR count). The molecule has 4 heterocycles. The first-order valence-electron chi connectivity index (χ1n) is 10.8. The molecule has 2 aliphatic heterocycles.